The number of nitrogens with zero attached hydrogens (tertiary/aromatic N) is 1. The van der Waals surface area contributed by atoms with E-state index in [9.17, 15) is 17.6 Å². The van der Waals surface area contributed by atoms with Gasteiger partial charge in [0.15, 0.2) is 0 Å². The number of rotatable bonds is 4. The lowest BCUT2D eigenvalue weighted by molar-refractivity contribution is 0.0693. The third-order valence-corrected chi connectivity index (χ3v) is 5.68. The van der Waals surface area contributed by atoms with Crippen molar-refractivity contribution < 1.29 is 22.7 Å². The molecule has 2 N–H and O–H groups in total. The number of hydrogen-bond acceptors (Lipinski definition) is 3. The van der Waals surface area contributed by atoms with Gasteiger partial charge in [-0.1, -0.05) is 6.07 Å². The fourth-order valence-electron chi connectivity index (χ4n) is 3.20. The summed E-state index contributed by atoms with van der Waals surface area (Å²) in [5, 5.41) is 9.03. The molecule has 1 heterocycles. The SMILES string of the molecule is O=C(O)c1c(F)cccc1NS(=O)(=O)N1CC2CCC1C2. The molecule has 2 unspecified atom stereocenters. The molecule has 2 fully saturated rings. The maximum atomic E-state index is 13.6. The van der Waals surface area contributed by atoms with E-state index in [0.717, 1.165) is 25.3 Å². The van der Waals surface area contributed by atoms with E-state index in [1.807, 2.05) is 0 Å². The predicted octanol–water partition coefficient (Wildman–Crippen LogP) is 1.66. The van der Waals surface area contributed by atoms with Crippen molar-refractivity contribution in [2.75, 3.05) is 11.3 Å². The number of carboxylic acid groups (broad SMARTS) is 1. The van der Waals surface area contributed by atoms with Gasteiger partial charge in [0.25, 0.3) is 0 Å². The lowest BCUT2D eigenvalue weighted by Gasteiger charge is -2.26. The van der Waals surface area contributed by atoms with E-state index in [1.165, 1.54) is 16.4 Å². The molecular formula is C13H15FN2O4S. The van der Waals surface area contributed by atoms with Gasteiger partial charge in [0.1, 0.15) is 11.4 Å². The molecule has 6 nitrogen and oxygen atoms in total. The van der Waals surface area contributed by atoms with Crippen molar-refractivity contribution in [1.29, 1.82) is 0 Å². The van der Waals surface area contributed by atoms with Crippen LogP contribution in [0.3, 0.4) is 0 Å². The first-order chi connectivity index (χ1) is 9.88. The zero-order chi connectivity index (χ0) is 15.2. The van der Waals surface area contributed by atoms with Crippen molar-refractivity contribution in [1.82, 2.24) is 4.31 Å². The number of hydrogen-bond donors (Lipinski definition) is 2. The number of anilines is 1. The second kappa shape index (κ2) is 4.96. The van der Waals surface area contributed by atoms with Gasteiger partial charge in [0.05, 0.1) is 5.69 Å². The monoisotopic (exact) mass is 314 g/mol. The molecule has 1 aromatic carbocycles. The smallest absolute Gasteiger partial charge is 0.340 e. The zero-order valence-corrected chi connectivity index (χ0v) is 11.9. The van der Waals surface area contributed by atoms with Gasteiger partial charge >= 0.3 is 16.2 Å². The molecule has 1 aliphatic heterocycles. The summed E-state index contributed by atoms with van der Waals surface area (Å²) in [5.41, 5.74) is -0.907. The van der Waals surface area contributed by atoms with Crippen molar-refractivity contribution >= 4 is 21.9 Å². The number of nitrogens with one attached hydrogen (secondary N) is 1. The average Bonchev–Trinajstić information content (AvgIpc) is 3.00. The van der Waals surface area contributed by atoms with Gasteiger partial charge in [-0.05, 0) is 37.3 Å². The van der Waals surface area contributed by atoms with Crippen molar-refractivity contribution in [2.24, 2.45) is 5.92 Å². The molecular weight excluding hydrogens is 299 g/mol. The van der Waals surface area contributed by atoms with Crippen LogP contribution in [0.5, 0.6) is 0 Å². The van der Waals surface area contributed by atoms with Gasteiger partial charge < -0.3 is 5.11 Å². The largest absolute Gasteiger partial charge is 0.478 e. The molecule has 1 saturated carbocycles. The highest BCUT2D eigenvalue weighted by molar-refractivity contribution is 7.90. The van der Waals surface area contributed by atoms with Crippen molar-refractivity contribution in [3.63, 3.8) is 0 Å². The number of fused-ring (bicyclic) bond motifs is 2. The second-order valence-corrected chi connectivity index (χ2v) is 7.10. The van der Waals surface area contributed by atoms with Crippen LogP contribution >= 0.6 is 0 Å². The first-order valence-electron chi connectivity index (χ1n) is 6.70. The first kappa shape index (κ1) is 14.3. The Bertz CT molecular complexity index is 691. The van der Waals surface area contributed by atoms with Crippen LogP contribution in [0, 0.1) is 11.7 Å². The van der Waals surface area contributed by atoms with E-state index in [4.69, 9.17) is 5.11 Å². The Morgan fingerprint density at radius 3 is 2.71 bits per heavy atom. The van der Waals surface area contributed by atoms with Crippen LogP contribution in [-0.4, -0.2) is 36.4 Å². The maximum Gasteiger partial charge on any atom is 0.340 e. The molecule has 114 valence electrons. The molecule has 0 aromatic heterocycles. The third kappa shape index (κ3) is 2.49. The summed E-state index contributed by atoms with van der Waals surface area (Å²) in [6.07, 6.45) is 2.69. The molecule has 0 spiro atoms. The van der Waals surface area contributed by atoms with Crippen molar-refractivity contribution in [3.05, 3.63) is 29.6 Å². The molecule has 1 saturated heterocycles. The van der Waals surface area contributed by atoms with Gasteiger partial charge in [-0.25, -0.2) is 9.18 Å². The average molecular weight is 314 g/mol. The second-order valence-electron chi connectivity index (χ2n) is 5.48. The Labute approximate surface area is 121 Å². The standard InChI is InChI=1S/C13H15FN2O4S/c14-10-2-1-3-11(12(10)13(17)18)15-21(19,20)16-7-8-4-5-9(16)6-8/h1-3,8-9,15H,4-7H2,(H,17,18). The molecule has 1 aliphatic carbocycles. The molecule has 0 amide bonds. The van der Waals surface area contributed by atoms with Crippen LogP contribution in [-0.2, 0) is 10.2 Å². The molecule has 2 atom stereocenters. The van der Waals surface area contributed by atoms with E-state index >= 15 is 0 Å². The number of carboxylic acids is 1. The van der Waals surface area contributed by atoms with Gasteiger partial charge in [0, 0.05) is 12.6 Å². The maximum absolute atomic E-state index is 13.6. The number of benzene rings is 1. The minimum absolute atomic E-state index is 0.0330. The van der Waals surface area contributed by atoms with E-state index in [-0.39, 0.29) is 11.7 Å². The minimum atomic E-state index is -3.86. The number of carbonyl (C=O) groups is 1. The van der Waals surface area contributed by atoms with Crippen molar-refractivity contribution in [2.45, 2.75) is 25.3 Å². The van der Waals surface area contributed by atoms with E-state index in [1.54, 1.807) is 0 Å². The molecule has 2 bridgehead atoms. The van der Waals surface area contributed by atoms with E-state index < -0.39 is 27.6 Å². The van der Waals surface area contributed by atoms with Gasteiger partial charge in [-0.3, -0.25) is 4.72 Å². The van der Waals surface area contributed by atoms with Crippen LogP contribution in [0.15, 0.2) is 18.2 Å². The highest BCUT2D eigenvalue weighted by Gasteiger charge is 2.44. The summed E-state index contributed by atoms with van der Waals surface area (Å²) in [7, 11) is -3.86. The Kier molecular flexibility index (Phi) is 3.37. The summed E-state index contributed by atoms with van der Waals surface area (Å²) in [6.45, 7) is 0.442. The van der Waals surface area contributed by atoms with Crippen molar-refractivity contribution in [3.8, 4) is 0 Å². The fourth-order valence-corrected chi connectivity index (χ4v) is 4.75. The van der Waals surface area contributed by atoms with Crippen LogP contribution < -0.4 is 4.72 Å². The van der Waals surface area contributed by atoms with E-state index in [0.29, 0.717) is 12.5 Å². The first-order valence-corrected chi connectivity index (χ1v) is 8.14. The minimum Gasteiger partial charge on any atom is -0.478 e. The molecule has 21 heavy (non-hydrogen) atoms. The zero-order valence-electron chi connectivity index (χ0n) is 11.1. The van der Waals surface area contributed by atoms with Crippen LogP contribution in [0.1, 0.15) is 29.6 Å². The van der Waals surface area contributed by atoms with Gasteiger partial charge in [-0.15, -0.1) is 0 Å². The lowest BCUT2D eigenvalue weighted by Crippen LogP contribution is -2.41. The predicted molar refractivity (Wildman–Crippen MR) is 73.7 cm³/mol. The number of piperidine rings is 1. The highest BCUT2D eigenvalue weighted by atomic mass is 32.2. The fraction of sp³-hybridized carbons (Fsp3) is 0.462. The summed E-state index contributed by atoms with van der Waals surface area (Å²) >= 11 is 0. The summed E-state index contributed by atoms with van der Waals surface area (Å²) in [4.78, 5) is 11.1. The summed E-state index contributed by atoms with van der Waals surface area (Å²) in [5.74, 6) is -2.10. The summed E-state index contributed by atoms with van der Waals surface area (Å²) < 4.78 is 41.9. The molecule has 8 heteroatoms. The van der Waals surface area contributed by atoms with Crippen LogP contribution in [0.4, 0.5) is 10.1 Å². The van der Waals surface area contributed by atoms with Gasteiger partial charge in [0.2, 0.25) is 0 Å². The van der Waals surface area contributed by atoms with Gasteiger partial charge in [-0.2, -0.15) is 12.7 Å². The van der Waals surface area contributed by atoms with Crippen LogP contribution in [0.2, 0.25) is 0 Å². The Morgan fingerprint density at radius 2 is 2.14 bits per heavy atom. The Morgan fingerprint density at radius 1 is 1.38 bits per heavy atom. The van der Waals surface area contributed by atoms with E-state index in [2.05, 4.69) is 4.72 Å². The normalized spacial score (nSPS) is 25.2. The quantitative estimate of drug-likeness (QED) is 0.885. The third-order valence-electron chi connectivity index (χ3n) is 4.13. The molecule has 2 aliphatic rings. The summed E-state index contributed by atoms with van der Waals surface area (Å²) in [6, 6.07) is 3.47. The lowest BCUT2D eigenvalue weighted by atomic mass is 10.1. The van der Waals surface area contributed by atoms with Crippen LogP contribution in [0.25, 0.3) is 0 Å². The Hall–Kier alpha value is -1.67. The molecule has 3 rings (SSSR count). The number of halogens is 1. The molecule has 1 aromatic rings. The molecule has 0 radical (unpaired) electrons. The highest BCUT2D eigenvalue weighted by Crippen LogP contribution is 2.39. The Balaban J connectivity index is 1.90. The number of aromatic carboxylic acids is 1. The topological polar surface area (TPSA) is 86.7 Å².